The lowest BCUT2D eigenvalue weighted by atomic mass is 10.1. The fraction of sp³-hybridized carbons (Fsp3) is 0.167. The van der Waals surface area contributed by atoms with Crippen molar-refractivity contribution in [2.24, 2.45) is 0 Å². The second kappa shape index (κ2) is 8.82. The van der Waals surface area contributed by atoms with Crippen molar-refractivity contribution >= 4 is 51.0 Å². The Kier molecular flexibility index (Phi) is 6.76. The lowest BCUT2D eigenvalue weighted by molar-refractivity contribution is -0.139. The van der Waals surface area contributed by atoms with Crippen LogP contribution in [-0.2, 0) is 16.0 Å². The third kappa shape index (κ3) is 5.57. The van der Waals surface area contributed by atoms with Gasteiger partial charge in [-0.25, -0.2) is 4.79 Å². The first kappa shape index (κ1) is 19.9. The molecule has 0 bridgehead atoms. The number of carboxylic acids is 1. The topological polar surface area (TPSA) is 95.5 Å². The monoisotopic (exact) mass is 438 g/mol. The summed E-state index contributed by atoms with van der Waals surface area (Å²) < 4.78 is 0.704. The van der Waals surface area contributed by atoms with E-state index in [4.69, 9.17) is 11.6 Å². The number of halogens is 2. The lowest BCUT2D eigenvalue weighted by Crippen LogP contribution is -2.42. The third-order valence-corrected chi connectivity index (χ3v) is 4.49. The van der Waals surface area contributed by atoms with Crippen LogP contribution in [0.15, 0.2) is 46.9 Å². The molecule has 0 heterocycles. The van der Waals surface area contributed by atoms with Gasteiger partial charge in [-0.05, 0) is 42.0 Å². The molecule has 2 amide bonds. The standard InChI is InChI=1S/C18H16BrClN2O4/c1-10(23)21-14-4-2-3-11(8-14)17(24)22-16(18(25)26)9-12-7-13(20)5-6-15(12)19/h2-8,16H,9H2,1H3,(H,21,23)(H,22,24)(H,25,26)/t16-/m1/s1. The molecule has 3 N–H and O–H groups in total. The highest BCUT2D eigenvalue weighted by molar-refractivity contribution is 9.10. The van der Waals surface area contributed by atoms with E-state index in [1.807, 2.05) is 0 Å². The SMILES string of the molecule is CC(=O)Nc1cccc(C(=O)N[C@H](Cc2cc(Cl)ccc2Br)C(=O)O)c1. The Balaban J connectivity index is 2.17. The van der Waals surface area contributed by atoms with Crippen LogP contribution < -0.4 is 10.6 Å². The summed E-state index contributed by atoms with van der Waals surface area (Å²) in [6.45, 7) is 1.36. The second-order valence-electron chi connectivity index (χ2n) is 5.57. The molecular weight excluding hydrogens is 424 g/mol. The Hall–Kier alpha value is -2.38. The highest BCUT2D eigenvalue weighted by Gasteiger charge is 2.22. The van der Waals surface area contributed by atoms with Crippen LogP contribution in [0.1, 0.15) is 22.8 Å². The second-order valence-corrected chi connectivity index (χ2v) is 6.86. The molecule has 136 valence electrons. The number of rotatable bonds is 6. The first-order valence-electron chi connectivity index (χ1n) is 7.61. The van der Waals surface area contributed by atoms with E-state index >= 15 is 0 Å². The molecule has 0 aliphatic carbocycles. The zero-order valence-corrected chi connectivity index (χ0v) is 16.1. The summed E-state index contributed by atoms with van der Waals surface area (Å²) in [4.78, 5) is 35.1. The van der Waals surface area contributed by atoms with Crippen molar-refractivity contribution in [3.8, 4) is 0 Å². The van der Waals surface area contributed by atoms with Crippen LogP contribution in [0.4, 0.5) is 5.69 Å². The van der Waals surface area contributed by atoms with Crippen molar-refractivity contribution in [1.82, 2.24) is 5.32 Å². The van der Waals surface area contributed by atoms with Gasteiger partial charge in [0.25, 0.3) is 5.91 Å². The quantitative estimate of drug-likeness (QED) is 0.642. The molecule has 8 heteroatoms. The fourth-order valence-electron chi connectivity index (χ4n) is 2.30. The van der Waals surface area contributed by atoms with Gasteiger partial charge in [0, 0.05) is 34.1 Å². The van der Waals surface area contributed by atoms with Crippen LogP contribution in [0.2, 0.25) is 5.02 Å². The molecule has 0 aliphatic rings. The van der Waals surface area contributed by atoms with Crippen molar-refractivity contribution in [1.29, 1.82) is 0 Å². The van der Waals surface area contributed by atoms with Crippen molar-refractivity contribution in [3.05, 3.63) is 63.1 Å². The van der Waals surface area contributed by atoms with Gasteiger partial charge in [0.2, 0.25) is 5.91 Å². The van der Waals surface area contributed by atoms with E-state index in [1.165, 1.54) is 19.1 Å². The van der Waals surface area contributed by atoms with Gasteiger partial charge >= 0.3 is 5.97 Å². The van der Waals surface area contributed by atoms with Crippen LogP contribution in [0, 0.1) is 0 Å². The number of aliphatic carboxylic acids is 1. The molecule has 0 saturated heterocycles. The number of carbonyl (C=O) groups excluding carboxylic acids is 2. The normalized spacial score (nSPS) is 11.5. The van der Waals surface area contributed by atoms with Crippen LogP contribution in [-0.4, -0.2) is 28.9 Å². The maximum Gasteiger partial charge on any atom is 0.326 e. The number of hydrogen-bond donors (Lipinski definition) is 3. The summed E-state index contributed by atoms with van der Waals surface area (Å²) in [5.74, 6) is -1.98. The minimum absolute atomic E-state index is 0.0631. The summed E-state index contributed by atoms with van der Waals surface area (Å²) in [5, 5.41) is 15.0. The molecule has 0 unspecified atom stereocenters. The summed E-state index contributed by atoms with van der Waals surface area (Å²) in [5.41, 5.74) is 1.36. The number of hydrogen-bond acceptors (Lipinski definition) is 3. The predicted octanol–water partition coefficient (Wildman–Crippen LogP) is 3.49. The van der Waals surface area contributed by atoms with Gasteiger partial charge < -0.3 is 15.7 Å². The van der Waals surface area contributed by atoms with E-state index in [-0.39, 0.29) is 17.9 Å². The number of benzene rings is 2. The minimum Gasteiger partial charge on any atom is -0.480 e. The average molecular weight is 440 g/mol. The van der Waals surface area contributed by atoms with Gasteiger partial charge in [-0.15, -0.1) is 0 Å². The van der Waals surface area contributed by atoms with E-state index in [2.05, 4.69) is 26.6 Å². The Morgan fingerprint density at radius 1 is 1.19 bits per heavy atom. The first-order chi connectivity index (χ1) is 12.3. The van der Waals surface area contributed by atoms with E-state index in [0.717, 1.165) is 0 Å². The highest BCUT2D eigenvalue weighted by Crippen LogP contribution is 2.22. The van der Waals surface area contributed by atoms with Crippen molar-refractivity contribution in [2.45, 2.75) is 19.4 Å². The van der Waals surface area contributed by atoms with E-state index in [0.29, 0.717) is 20.7 Å². The number of anilines is 1. The summed E-state index contributed by atoms with van der Waals surface area (Å²) >= 11 is 9.30. The van der Waals surface area contributed by atoms with Gasteiger partial charge in [0.15, 0.2) is 0 Å². The third-order valence-electron chi connectivity index (χ3n) is 3.48. The van der Waals surface area contributed by atoms with Gasteiger partial charge in [0.1, 0.15) is 6.04 Å². The van der Waals surface area contributed by atoms with Crippen LogP contribution in [0.25, 0.3) is 0 Å². The summed E-state index contributed by atoms with van der Waals surface area (Å²) in [7, 11) is 0. The van der Waals surface area contributed by atoms with Crippen molar-refractivity contribution < 1.29 is 19.5 Å². The van der Waals surface area contributed by atoms with Gasteiger partial charge in [-0.3, -0.25) is 9.59 Å². The number of carbonyl (C=O) groups is 3. The van der Waals surface area contributed by atoms with Gasteiger partial charge in [-0.2, -0.15) is 0 Å². The minimum atomic E-state index is -1.16. The Labute approximate surface area is 163 Å². The lowest BCUT2D eigenvalue weighted by Gasteiger charge is -2.16. The van der Waals surface area contributed by atoms with Crippen LogP contribution in [0.3, 0.4) is 0 Å². The summed E-state index contributed by atoms with van der Waals surface area (Å²) in [6.07, 6.45) is 0.0631. The van der Waals surface area contributed by atoms with Crippen molar-refractivity contribution in [2.75, 3.05) is 5.32 Å². The van der Waals surface area contributed by atoms with Gasteiger partial charge in [-0.1, -0.05) is 33.6 Å². The largest absolute Gasteiger partial charge is 0.480 e. The maximum atomic E-state index is 12.4. The Morgan fingerprint density at radius 2 is 1.92 bits per heavy atom. The summed E-state index contributed by atoms with van der Waals surface area (Å²) in [6, 6.07) is 10.2. The molecule has 2 aromatic carbocycles. The number of amides is 2. The Bertz CT molecular complexity index is 857. The molecular formula is C18H16BrClN2O4. The molecule has 0 saturated carbocycles. The molecule has 2 rings (SSSR count). The molecule has 0 aliphatic heterocycles. The zero-order chi connectivity index (χ0) is 19.3. The Morgan fingerprint density at radius 3 is 2.58 bits per heavy atom. The molecule has 26 heavy (non-hydrogen) atoms. The van der Waals surface area contributed by atoms with Gasteiger partial charge in [0.05, 0.1) is 0 Å². The molecule has 6 nitrogen and oxygen atoms in total. The molecule has 0 aromatic heterocycles. The van der Waals surface area contributed by atoms with E-state index in [1.54, 1.807) is 30.3 Å². The van der Waals surface area contributed by atoms with E-state index in [9.17, 15) is 19.5 Å². The smallest absolute Gasteiger partial charge is 0.326 e. The molecule has 0 radical (unpaired) electrons. The van der Waals surface area contributed by atoms with Crippen LogP contribution >= 0.6 is 27.5 Å². The molecule has 0 spiro atoms. The molecule has 2 aromatic rings. The fourth-order valence-corrected chi connectivity index (χ4v) is 2.91. The average Bonchev–Trinajstić information content (AvgIpc) is 2.56. The number of nitrogens with one attached hydrogen (secondary N) is 2. The molecule has 1 atom stereocenters. The van der Waals surface area contributed by atoms with E-state index < -0.39 is 17.9 Å². The van der Waals surface area contributed by atoms with Crippen molar-refractivity contribution in [3.63, 3.8) is 0 Å². The first-order valence-corrected chi connectivity index (χ1v) is 8.78. The zero-order valence-electron chi connectivity index (χ0n) is 13.8. The highest BCUT2D eigenvalue weighted by atomic mass is 79.9. The molecule has 0 fully saturated rings. The maximum absolute atomic E-state index is 12.4. The predicted molar refractivity (Wildman–Crippen MR) is 102 cm³/mol. The number of carboxylic acid groups (broad SMARTS) is 1. The van der Waals surface area contributed by atoms with Crippen LogP contribution in [0.5, 0.6) is 0 Å².